The fourth-order valence-electron chi connectivity index (χ4n) is 3.78. The van der Waals surface area contributed by atoms with Crippen LogP contribution in [0.5, 0.6) is 0 Å². The molecule has 6 nitrogen and oxygen atoms in total. The van der Waals surface area contributed by atoms with Crippen LogP contribution in [-0.4, -0.2) is 47.2 Å². The summed E-state index contributed by atoms with van der Waals surface area (Å²) in [6.45, 7) is 3.84. The minimum atomic E-state index is 0. The number of para-hydroxylation sites is 1. The van der Waals surface area contributed by atoms with E-state index < -0.39 is 0 Å². The van der Waals surface area contributed by atoms with E-state index in [1.807, 2.05) is 6.07 Å². The maximum atomic E-state index is 5.92. The molecule has 3 aromatic rings. The second kappa shape index (κ2) is 8.78. The Balaban J connectivity index is 0.00000112. The largest absolute Gasteiger partial charge is 0.353 e. The van der Waals surface area contributed by atoms with Crippen molar-refractivity contribution >= 4 is 57.3 Å². The Bertz CT molecular complexity index is 888. The molecule has 28 heavy (non-hydrogen) atoms. The van der Waals surface area contributed by atoms with Crippen molar-refractivity contribution in [3.63, 3.8) is 0 Å². The lowest BCUT2D eigenvalue weighted by Gasteiger charge is -2.36. The van der Waals surface area contributed by atoms with Gasteiger partial charge in [-0.3, -0.25) is 0 Å². The number of nitrogens with two attached hydrogens (primary N) is 1. The average Bonchev–Trinajstić information content (AvgIpc) is 3.10. The minimum Gasteiger partial charge on any atom is -0.353 e. The second-order valence-electron chi connectivity index (χ2n) is 7.17. The molecule has 1 aliphatic heterocycles. The highest BCUT2D eigenvalue weighted by molar-refractivity contribution is 7.22. The summed E-state index contributed by atoms with van der Waals surface area (Å²) in [6.07, 6.45) is 3.79. The summed E-state index contributed by atoms with van der Waals surface area (Å²) in [5.74, 6) is 1.55. The summed E-state index contributed by atoms with van der Waals surface area (Å²) >= 11 is 1.78. The van der Waals surface area contributed by atoms with Gasteiger partial charge in [-0.25, -0.2) is 15.0 Å². The van der Waals surface area contributed by atoms with Gasteiger partial charge >= 0.3 is 0 Å². The van der Waals surface area contributed by atoms with Crippen LogP contribution in [0.4, 0.5) is 10.9 Å². The Morgan fingerprint density at radius 3 is 2.39 bits per heavy atom. The van der Waals surface area contributed by atoms with Crippen molar-refractivity contribution in [3.8, 4) is 0 Å². The molecule has 0 amide bonds. The Hall–Kier alpha value is -1.67. The first-order valence-electron chi connectivity index (χ1n) is 9.19. The lowest BCUT2D eigenvalue weighted by atomic mass is 9.78. The Morgan fingerprint density at radius 1 is 0.964 bits per heavy atom. The number of hydrogen-bond acceptors (Lipinski definition) is 7. The quantitative estimate of drug-likeness (QED) is 0.674. The number of aromatic nitrogens is 3. The molecule has 0 atom stereocenters. The molecule has 9 heteroatoms. The fourth-order valence-corrected chi connectivity index (χ4v) is 4.80. The number of thiazole rings is 1. The van der Waals surface area contributed by atoms with E-state index in [0.29, 0.717) is 12.0 Å². The van der Waals surface area contributed by atoms with E-state index in [1.165, 1.54) is 4.70 Å². The van der Waals surface area contributed by atoms with Gasteiger partial charge in [0.25, 0.3) is 0 Å². The molecular weight excluding hydrogens is 415 g/mol. The number of nitrogens with zero attached hydrogens (tertiary/aromatic N) is 5. The Kier molecular flexibility index (Phi) is 6.60. The average molecular weight is 439 g/mol. The zero-order valence-electron chi connectivity index (χ0n) is 15.4. The van der Waals surface area contributed by atoms with E-state index >= 15 is 0 Å². The number of halogens is 2. The molecule has 0 bridgehead atoms. The SMILES string of the molecule is Cl.Cl.NC1CC(c2cc(N3CCN(c4nc5ccccc5s4)CC3)ncn2)C1. The molecule has 2 fully saturated rings. The third-order valence-electron chi connectivity index (χ3n) is 5.42. The van der Waals surface area contributed by atoms with Gasteiger partial charge in [0.1, 0.15) is 12.1 Å². The number of anilines is 2. The van der Waals surface area contributed by atoms with Gasteiger partial charge in [0, 0.05) is 49.9 Å². The zero-order chi connectivity index (χ0) is 17.5. The van der Waals surface area contributed by atoms with Gasteiger partial charge in [-0.2, -0.15) is 0 Å². The predicted octanol–water partition coefficient (Wildman–Crippen LogP) is 3.46. The number of piperazine rings is 1. The first kappa shape index (κ1) is 21.0. The zero-order valence-corrected chi connectivity index (χ0v) is 17.8. The molecule has 1 aromatic carbocycles. The van der Waals surface area contributed by atoms with Crippen LogP contribution in [0.25, 0.3) is 10.2 Å². The molecule has 5 rings (SSSR count). The molecule has 2 N–H and O–H groups in total. The second-order valence-corrected chi connectivity index (χ2v) is 8.18. The molecule has 1 saturated heterocycles. The third-order valence-corrected chi connectivity index (χ3v) is 6.52. The summed E-state index contributed by atoms with van der Waals surface area (Å²) in [5.41, 5.74) is 8.16. The normalized spacial score (nSPS) is 21.6. The highest BCUT2D eigenvalue weighted by Crippen LogP contribution is 2.35. The molecule has 0 radical (unpaired) electrons. The molecular formula is C19H24Cl2N6S. The van der Waals surface area contributed by atoms with E-state index in [4.69, 9.17) is 10.7 Å². The van der Waals surface area contributed by atoms with Crippen LogP contribution in [0.2, 0.25) is 0 Å². The van der Waals surface area contributed by atoms with Crippen LogP contribution in [0.15, 0.2) is 36.7 Å². The standard InChI is InChI=1S/C19H22N6S.2ClH/c20-14-9-13(10-14)16-11-18(22-12-21-16)24-5-7-25(8-6-24)19-23-15-3-1-2-4-17(15)26-19;;/h1-4,11-14H,5-10,20H2;2*1H. The lowest BCUT2D eigenvalue weighted by molar-refractivity contribution is 0.345. The van der Waals surface area contributed by atoms with Crippen molar-refractivity contribution in [2.24, 2.45) is 5.73 Å². The van der Waals surface area contributed by atoms with Crippen molar-refractivity contribution in [2.45, 2.75) is 24.8 Å². The first-order valence-corrected chi connectivity index (χ1v) is 10.0. The monoisotopic (exact) mass is 438 g/mol. The van der Waals surface area contributed by atoms with Crippen molar-refractivity contribution in [2.75, 3.05) is 36.0 Å². The summed E-state index contributed by atoms with van der Waals surface area (Å²) in [4.78, 5) is 18.5. The summed E-state index contributed by atoms with van der Waals surface area (Å²) < 4.78 is 1.25. The number of fused-ring (bicyclic) bond motifs is 1. The first-order chi connectivity index (χ1) is 12.8. The lowest BCUT2D eigenvalue weighted by Crippen LogP contribution is -2.47. The maximum absolute atomic E-state index is 5.92. The molecule has 1 aliphatic carbocycles. The van der Waals surface area contributed by atoms with Crippen LogP contribution < -0.4 is 15.5 Å². The Morgan fingerprint density at radius 2 is 1.68 bits per heavy atom. The third kappa shape index (κ3) is 4.03. The summed E-state index contributed by atoms with van der Waals surface area (Å²) in [7, 11) is 0. The smallest absolute Gasteiger partial charge is 0.186 e. The summed E-state index contributed by atoms with van der Waals surface area (Å²) in [6, 6.07) is 10.8. The predicted molar refractivity (Wildman–Crippen MR) is 121 cm³/mol. The van der Waals surface area contributed by atoms with Gasteiger partial charge in [0.2, 0.25) is 0 Å². The van der Waals surface area contributed by atoms with Gasteiger partial charge in [-0.1, -0.05) is 23.5 Å². The van der Waals surface area contributed by atoms with Crippen molar-refractivity contribution in [1.82, 2.24) is 15.0 Å². The van der Waals surface area contributed by atoms with Crippen LogP contribution in [0, 0.1) is 0 Å². The van der Waals surface area contributed by atoms with Crippen LogP contribution in [0.1, 0.15) is 24.5 Å². The van der Waals surface area contributed by atoms with Gasteiger partial charge in [-0.15, -0.1) is 24.8 Å². The fraction of sp³-hybridized carbons (Fsp3) is 0.421. The molecule has 0 unspecified atom stereocenters. The molecule has 0 spiro atoms. The Labute approximate surface area is 181 Å². The minimum absolute atomic E-state index is 0. The van der Waals surface area contributed by atoms with E-state index in [1.54, 1.807) is 17.7 Å². The molecule has 3 heterocycles. The van der Waals surface area contributed by atoms with Crippen molar-refractivity contribution < 1.29 is 0 Å². The highest BCUT2D eigenvalue weighted by atomic mass is 35.5. The van der Waals surface area contributed by atoms with Gasteiger partial charge in [0.15, 0.2) is 5.13 Å². The number of hydrogen-bond donors (Lipinski definition) is 1. The van der Waals surface area contributed by atoms with Gasteiger partial charge in [-0.05, 0) is 25.0 Å². The molecule has 2 aliphatic rings. The van der Waals surface area contributed by atoms with E-state index in [2.05, 4.69) is 44.0 Å². The topological polar surface area (TPSA) is 71.2 Å². The van der Waals surface area contributed by atoms with Crippen LogP contribution >= 0.6 is 36.2 Å². The van der Waals surface area contributed by atoms with Crippen LogP contribution in [-0.2, 0) is 0 Å². The van der Waals surface area contributed by atoms with E-state index in [0.717, 1.165) is 61.2 Å². The van der Waals surface area contributed by atoms with E-state index in [-0.39, 0.29) is 24.8 Å². The van der Waals surface area contributed by atoms with Crippen molar-refractivity contribution in [1.29, 1.82) is 0 Å². The highest BCUT2D eigenvalue weighted by Gasteiger charge is 2.29. The van der Waals surface area contributed by atoms with Crippen molar-refractivity contribution in [3.05, 3.63) is 42.4 Å². The maximum Gasteiger partial charge on any atom is 0.186 e. The van der Waals surface area contributed by atoms with E-state index in [9.17, 15) is 0 Å². The number of benzene rings is 1. The van der Waals surface area contributed by atoms with Gasteiger partial charge < -0.3 is 15.5 Å². The summed E-state index contributed by atoms with van der Waals surface area (Å²) in [5, 5.41) is 1.12. The van der Waals surface area contributed by atoms with Gasteiger partial charge in [0.05, 0.1) is 10.2 Å². The molecule has 2 aromatic heterocycles. The van der Waals surface area contributed by atoms with Crippen LogP contribution in [0.3, 0.4) is 0 Å². The molecule has 1 saturated carbocycles. The number of rotatable bonds is 3. The molecule has 150 valence electrons.